The molecule has 6 nitrogen and oxygen atoms in total. The third-order valence-electron chi connectivity index (χ3n) is 2.93. The number of methoxy groups -OCH3 is 1. The van der Waals surface area contributed by atoms with E-state index >= 15 is 0 Å². The van der Waals surface area contributed by atoms with E-state index in [1.54, 1.807) is 37.3 Å². The molecule has 0 aliphatic heterocycles. The monoisotopic (exact) mass is 289 g/mol. The van der Waals surface area contributed by atoms with Crippen LogP contribution in [-0.4, -0.2) is 17.1 Å². The average Bonchev–Trinajstić information content (AvgIpc) is 2.47. The van der Waals surface area contributed by atoms with Crippen molar-refractivity contribution in [2.75, 3.05) is 7.11 Å². The lowest BCUT2D eigenvalue weighted by molar-refractivity contribution is -0.385. The van der Waals surface area contributed by atoms with Gasteiger partial charge in [0.15, 0.2) is 0 Å². The number of hydrogen-bond donors (Lipinski definition) is 1. The number of nitro benzene ring substituents is 1. The minimum absolute atomic E-state index is 0.109. The fourth-order valence-corrected chi connectivity index (χ4v) is 1.81. The Balaban J connectivity index is 2.36. The smallest absolute Gasteiger partial charge is 0.311 e. The van der Waals surface area contributed by atoms with Gasteiger partial charge in [-0.05, 0) is 30.7 Å². The van der Waals surface area contributed by atoms with Gasteiger partial charge in [0.1, 0.15) is 11.5 Å². The number of nitro groups is 1. The summed E-state index contributed by atoms with van der Waals surface area (Å²) >= 11 is 0. The van der Waals surface area contributed by atoms with Crippen LogP contribution in [0.1, 0.15) is 18.6 Å². The fourth-order valence-electron chi connectivity index (χ4n) is 1.81. The highest BCUT2D eigenvalue weighted by Crippen LogP contribution is 2.34. The number of aliphatic hydroxyl groups is 1. The second-order valence-electron chi connectivity index (χ2n) is 4.44. The summed E-state index contributed by atoms with van der Waals surface area (Å²) in [6.45, 7) is 1.54. The second-order valence-corrected chi connectivity index (χ2v) is 4.44. The Morgan fingerprint density at radius 3 is 2.52 bits per heavy atom. The maximum Gasteiger partial charge on any atom is 0.311 e. The quantitative estimate of drug-likeness (QED) is 0.673. The largest absolute Gasteiger partial charge is 0.497 e. The van der Waals surface area contributed by atoms with E-state index in [4.69, 9.17) is 9.47 Å². The predicted molar refractivity (Wildman–Crippen MR) is 76.8 cm³/mol. The molecule has 0 bridgehead atoms. The van der Waals surface area contributed by atoms with Gasteiger partial charge in [-0.1, -0.05) is 12.1 Å². The number of aliphatic hydroxyl groups excluding tert-OH is 1. The molecular formula is C15H15NO5. The summed E-state index contributed by atoms with van der Waals surface area (Å²) in [6, 6.07) is 11.1. The molecule has 110 valence electrons. The lowest BCUT2D eigenvalue weighted by Gasteiger charge is -2.10. The van der Waals surface area contributed by atoms with Gasteiger partial charge in [-0.25, -0.2) is 0 Å². The van der Waals surface area contributed by atoms with Crippen LogP contribution in [0.5, 0.6) is 17.2 Å². The van der Waals surface area contributed by atoms with Crippen LogP contribution in [0.3, 0.4) is 0 Å². The van der Waals surface area contributed by atoms with Gasteiger partial charge < -0.3 is 14.6 Å². The molecule has 2 aromatic rings. The lowest BCUT2D eigenvalue weighted by atomic mass is 10.1. The first-order chi connectivity index (χ1) is 10.0. The van der Waals surface area contributed by atoms with Crippen molar-refractivity contribution in [3.63, 3.8) is 0 Å². The van der Waals surface area contributed by atoms with Crippen LogP contribution in [0.2, 0.25) is 0 Å². The number of ether oxygens (including phenoxy) is 2. The van der Waals surface area contributed by atoms with Crippen molar-refractivity contribution >= 4 is 5.69 Å². The molecule has 1 N–H and O–H groups in total. The van der Waals surface area contributed by atoms with Gasteiger partial charge in [-0.2, -0.15) is 0 Å². The van der Waals surface area contributed by atoms with Crippen molar-refractivity contribution in [3.05, 3.63) is 58.1 Å². The topological polar surface area (TPSA) is 81.8 Å². The van der Waals surface area contributed by atoms with Gasteiger partial charge in [0.25, 0.3) is 0 Å². The van der Waals surface area contributed by atoms with E-state index in [1.807, 2.05) is 0 Å². The SMILES string of the molecule is COc1cccc(Oc2ccc([C@@H](C)O)cc2[N+](=O)[O-])c1. The third kappa shape index (κ3) is 3.49. The van der Waals surface area contributed by atoms with Crippen molar-refractivity contribution in [1.29, 1.82) is 0 Å². The molecule has 0 aromatic heterocycles. The van der Waals surface area contributed by atoms with Crippen molar-refractivity contribution < 1.29 is 19.5 Å². The Morgan fingerprint density at radius 1 is 1.19 bits per heavy atom. The molecule has 21 heavy (non-hydrogen) atoms. The van der Waals surface area contributed by atoms with E-state index in [0.29, 0.717) is 17.1 Å². The zero-order valence-electron chi connectivity index (χ0n) is 11.6. The van der Waals surface area contributed by atoms with Crippen molar-refractivity contribution in [1.82, 2.24) is 0 Å². The molecule has 1 atom stereocenters. The Hall–Kier alpha value is -2.60. The van der Waals surface area contributed by atoms with Crippen molar-refractivity contribution in [2.45, 2.75) is 13.0 Å². The Labute approximate surface area is 121 Å². The van der Waals surface area contributed by atoms with E-state index in [9.17, 15) is 15.2 Å². The minimum atomic E-state index is -0.783. The summed E-state index contributed by atoms with van der Waals surface area (Å²) in [5, 5.41) is 20.6. The highest BCUT2D eigenvalue weighted by Gasteiger charge is 2.18. The maximum atomic E-state index is 11.1. The predicted octanol–water partition coefficient (Wildman–Crippen LogP) is 3.45. The van der Waals surface area contributed by atoms with Crippen LogP contribution >= 0.6 is 0 Å². The highest BCUT2D eigenvalue weighted by atomic mass is 16.6. The standard InChI is InChI=1S/C15H15NO5/c1-10(17)11-6-7-15(14(8-11)16(18)19)21-13-5-3-4-12(9-13)20-2/h3-10,17H,1-2H3/t10-/m1/s1. The Morgan fingerprint density at radius 2 is 1.90 bits per heavy atom. The molecule has 0 saturated heterocycles. The van der Waals surface area contributed by atoms with Crippen LogP contribution in [-0.2, 0) is 0 Å². The van der Waals surface area contributed by atoms with Crippen LogP contribution in [0, 0.1) is 10.1 Å². The van der Waals surface area contributed by atoms with E-state index < -0.39 is 11.0 Å². The molecule has 0 heterocycles. The summed E-state index contributed by atoms with van der Waals surface area (Å²) in [5.41, 5.74) is 0.260. The minimum Gasteiger partial charge on any atom is -0.497 e. The van der Waals surface area contributed by atoms with Crippen LogP contribution < -0.4 is 9.47 Å². The average molecular weight is 289 g/mol. The van der Waals surface area contributed by atoms with Crippen molar-refractivity contribution in [3.8, 4) is 17.2 Å². The summed E-state index contributed by atoms with van der Waals surface area (Å²) < 4.78 is 10.6. The van der Waals surface area contributed by atoms with Crippen LogP contribution in [0.15, 0.2) is 42.5 Å². The van der Waals surface area contributed by atoms with E-state index in [1.165, 1.54) is 19.2 Å². The number of nitrogens with zero attached hydrogens (tertiary/aromatic N) is 1. The summed E-state index contributed by atoms with van der Waals surface area (Å²) in [4.78, 5) is 10.6. The molecule has 0 spiro atoms. The van der Waals surface area contributed by atoms with Gasteiger partial charge in [-0.3, -0.25) is 10.1 Å². The second kappa shape index (κ2) is 6.23. The summed E-state index contributed by atoms with van der Waals surface area (Å²) in [7, 11) is 1.53. The third-order valence-corrected chi connectivity index (χ3v) is 2.93. The molecule has 0 aliphatic rings. The number of benzene rings is 2. The first kappa shape index (κ1) is 14.8. The van der Waals surface area contributed by atoms with Gasteiger partial charge in [0, 0.05) is 12.1 Å². The number of rotatable bonds is 5. The number of hydrogen-bond acceptors (Lipinski definition) is 5. The first-order valence-electron chi connectivity index (χ1n) is 6.29. The highest BCUT2D eigenvalue weighted by molar-refractivity contribution is 5.51. The molecule has 0 aliphatic carbocycles. The van der Waals surface area contributed by atoms with Gasteiger partial charge in [0.2, 0.25) is 5.75 Å². The molecule has 0 saturated carbocycles. The van der Waals surface area contributed by atoms with Gasteiger partial charge >= 0.3 is 5.69 Å². The molecule has 0 unspecified atom stereocenters. The zero-order valence-corrected chi connectivity index (χ0v) is 11.6. The Kier molecular flexibility index (Phi) is 4.39. The molecular weight excluding hydrogens is 274 g/mol. The van der Waals surface area contributed by atoms with E-state index in [2.05, 4.69) is 0 Å². The molecule has 0 radical (unpaired) electrons. The zero-order chi connectivity index (χ0) is 15.4. The molecule has 2 aromatic carbocycles. The lowest BCUT2D eigenvalue weighted by Crippen LogP contribution is -1.97. The van der Waals surface area contributed by atoms with Gasteiger partial charge in [0.05, 0.1) is 18.1 Å². The van der Waals surface area contributed by atoms with Gasteiger partial charge in [-0.15, -0.1) is 0 Å². The van der Waals surface area contributed by atoms with E-state index in [-0.39, 0.29) is 11.4 Å². The Bertz CT molecular complexity index is 654. The van der Waals surface area contributed by atoms with E-state index in [0.717, 1.165) is 0 Å². The normalized spacial score (nSPS) is 11.8. The molecule has 0 fully saturated rings. The molecule has 2 rings (SSSR count). The maximum absolute atomic E-state index is 11.1. The van der Waals surface area contributed by atoms with Crippen LogP contribution in [0.4, 0.5) is 5.69 Å². The fraction of sp³-hybridized carbons (Fsp3) is 0.200. The summed E-state index contributed by atoms with van der Waals surface area (Å²) in [6.07, 6.45) is -0.783. The molecule has 6 heteroatoms. The first-order valence-corrected chi connectivity index (χ1v) is 6.29. The molecule has 0 amide bonds. The van der Waals surface area contributed by atoms with Crippen LogP contribution in [0.25, 0.3) is 0 Å². The summed E-state index contributed by atoms with van der Waals surface area (Å²) in [5.74, 6) is 1.13. The van der Waals surface area contributed by atoms with Crippen molar-refractivity contribution in [2.24, 2.45) is 0 Å².